The van der Waals surface area contributed by atoms with Gasteiger partial charge in [0.05, 0.1) is 0 Å². The Morgan fingerprint density at radius 2 is 1.72 bits per heavy atom. The van der Waals surface area contributed by atoms with Crippen molar-refractivity contribution in [2.75, 3.05) is 0 Å². The Kier molecular flexibility index (Phi) is 4.01. The molecule has 1 N–H and O–H groups in total. The van der Waals surface area contributed by atoms with Crippen molar-refractivity contribution in [3.05, 3.63) is 35.9 Å². The van der Waals surface area contributed by atoms with Gasteiger partial charge in [0.2, 0.25) is 0 Å². The summed E-state index contributed by atoms with van der Waals surface area (Å²) in [5.41, 5.74) is 3.26. The van der Waals surface area contributed by atoms with Gasteiger partial charge in [-0.15, -0.1) is 0 Å². The molecular weight excluding hydrogens is 237 g/mol. The molecule has 0 radical (unpaired) electrons. The van der Waals surface area contributed by atoms with Gasteiger partial charge in [0.25, 0.3) is 0 Å². The first kappa shape index (κ1) is 12.6. The summed E-state index contributed by atoms with van der Waals surface area (Å²) in [5, 5.41) is 4.04. The van der Waals surface area contributed by atoms with Crippen LogP contribution in [0.1, 0.15) is 56.7 Å². The summed E-state index contributed by atoms with van der Waals surface area (Å²) in [6, 6.07) is 12.0. The van der Waals surface area contributed by atoms with Crippen LogP contribution in [0.5, 0.6) is 0 Å². The Labute approximate surface area is 112 Å². The Hall–Kier alpha value is -0.390. The van der Waals surface area contributed by atoms with Crippen LogP contribution in [0.4, 0.5) is 0 Å². The number of hydrogen-bond donors (Lipinski definition) is 1. The lowest BCUT2D eigenvalue weighted by atomic mass is 10.1. The first-order valence-electron chi connectivity index (χ1n) is 7.44. The minimum absolute atomic E-state index is 0.00707. The molecule has 1 aliphatic carbocycles. The highest BCUT2D eigenvalue weighted by Crippen LogP contribution is 2.61. The molecule has 1 unspecified atom stereocenters. The number of rotatable bonds is 3. The van der Waals surface area contributed by atoms with E-state index in [4.69, 9.17) is 0 Å². The summed E-state index contributed by atoms with van der Waals surface area (Å²) < 4.78 is 0. The standard InChI is InChI=1S/C16H24NP/c1-13-11-12-16(14-7-3-2-4-8-14)18(13)17-15-9-5-6-10-15/h2-4,7-8,13,15-17H,5-6,9-12H2,1H3/t13-,16+,18?/m0/s1. The third-order valence-electron chi connectivity index (χ3n) is 4.54. The van der Waals surface area contributed by atoms with E-state index < -0.39 is 0 Å². The van der Waals surface area contributed by atoms with Crippen LogP contribution < -0.4 is 5.09 Å². The second-order valence-electron chi connectivity index (χ2n) is 5.87. The van der Waals surface area contributed by atoms with Crippen LogP contribution in [-0.4, -0.2) is 11.7 Å². The van der Waals surface area contributed by atoms with Crippen molar-refractivity contribution >= 4 is 8.07 Å². The van der Waals surface area contributed by atoms with Crippen molar-refractivity contribution < 1.29 is 0 Å². The highest BCUT2D eigenvalue weighted by atomic mass is 31.1. The minimum Gasteiger partial charge on any atom is -0.292 e. The van der Waals surface area contributed by atoms with Crippen molar-refractivity contribution in [1.29, 1.82) is 0 Å². The third kappa shape index (κ3) is 2.63. The van der Waals surface area contributed by atoms with E-state index >= 15 is 0 Å². The predicted octanol–water partition coefficient (Wildman–Crippen LogP) is 4.84. The molecule has 1 aliphatic heterocycles. The molecule has 3 rings (SSSR count). The number of hydrogen-bond acceptors (Lipinski definition) is 1. The molecule has 1 aromatic rings. The van der Waals surface area contributed by atoms with Crippen molar-refractivity contribution in [1.82, 2.24) is 5.09 Å². The van der Waals surface area contributed by atoms with E-state index in [1.54, 1.807) is 5.56 Å². The summed E-state index contributed by atoms with van der Waals surface area (Å²) in [6.07, 6.45) is 8.48. The fraction of sp³-hybridized carbons (Fsp3) is 0.625. The largest absolute Gasteiger partial charge is 0.292 e. The van der Waals surface area contributed by atoms with Gasteiger partial charge < -0.3 is 0 Å². The molecule has 2 fully saturated rings. The molecule has 1 nitrogen and oxygen atoms in total. The van der Waals surface area contributed by atoms with Crippen LogP contribution >= 0.6 is 8.07 Å². The van der Waals surface area contributed by atoms with E-state index in [1.807, 2.05) is 0 Å². The monoisotopic (exact) mass is 261 g/mol. The van der Waals surface area contributed by atoms with Gasteiger partial charge >= 0.3 is 0 Å². The Balaban J connectivity index is 1.72. The predicted molar refractivity (Wildman–Crippen MR) is 80.2 cm³/mol. The quantitative estimate of drug-likeness (QED) is 0.768. The Morgan fingerprint density at radius 1 is 1.00 bits per heavy atom. The molecule has 0 bridgehead atoms. The Bertz CT molecular complexity index is 372. The van der Waals surface area contributed by atoms with E-state index in [0.29, 0.717) is 0 Å². The van der Waals surface area contributed by atoms with Crippen molar-refractivity contribution in [3.63, 3.8) is 0 Å². The van der Waals surface area contributed by atoms with Gasteiger partial charge in [-0.25, -0.2) is 0 Å². The summed E-state index contributed by atoms with van der Waals surface area (Å²) in [7, 11) is -0.00707. The molecule has 2 aliphatic rings. The molecule has 1 saturated heterocycles. The van der Waals surface area contributed by atoms with Crippen LogP contribution in [-0.2, 0) is 0 Å². The molecular formula is C16H24NP. The smallest absolute Gasteiger partial charge is 0.0175 e. The molecule has 0 spiro atoms. The third-order valence-corrected chi connectivity index (χ3v) is 7.64. The fourth-order valence-corrected chi connectivity index (χ4v) is 6.55. The van der Waals surface area contributed by atoms with Crippen LogP contribution in [0.3, 0.4) is 0 Å². The van der Waals surface area contributed by atoms with Gasteiger partial charge in [-0.3, -0.25) is 5.09 Å². The minimum atomic E-state index is -0.00707. The van der Waals surface area contributed by atoms with Crippen LogP contribution in [0.25, 0.3) is 0 Å². The first-order valence-corrected chi connectivity index (χ1v) is 8.92. The van der Waals surface area contributed by atoms with Crippen molar-refractivity contribution in [2.24, 2.45) is 0 Å². The zero-order chi connectivity index (χ0) is 12.4. The zero-order valence-corrected chi connectivity index (χ0v) is 12.2. The number of benzene rings is 1. The maximum Gasteiger partial charge on any atom is 0.0175 e. The molecule has 18 heavy (non-hydrogen) atoms. The molecule has 1 saturated carbocycles. The first-order chi connectivity index (χ1) is 8.84. The zero-order valence-electron chi connectivity index (χ0n) is 11.3. The van der Waals surface area contributed by atoms with Crippen molar-refractivity contribution in [3.8, 4) is 0 Å². The van der Waals surface area contributed by atoms with E-state index in [1.165, 1.54) is 38.5 Å². The van der Waals surface area contributed by atoms with Gasteiger partial charge in [-0.2, -0.15) is 0 Å². The maximum atomic E-state index is 4.04. The maximum absolute atomic E-state index is 4.04. The molecule has 0 amide bonds. The average molecular weight is 261 g/mol. The highest BCUT2D eigenvalue weighted by Gasteiger charge is 2.35. The van der Waals surface area contributed by atoms with E-state index in [9.17, 15) is 0 Å². The van der Waals surface area contributed by atoms with Crippen LogP contribution in [0.15, 0.2) is 30.3 Å². The Morgan fingerprint density at radius 3 is 2.44 bits per heavy atom. The van der Waals surface area contributed by atoms with E-state index in [0.717, 1.165) is 17.4 Å². The SMILES string of the molecule is C[C@H]1CC[C@H](c2ccccc2)P1NC1CCCC1. The normalized spacial score (nSPS) is 33.1. The fourth-order valence-electron chi connectivity index (χ4n) is 3.47. The molecule has 1 aromatic carbocycles. The summed E-state index contributed by atoms with van der Waals surface area (Å²) >= 11 is 0. The van der Waals surface area contributed by atoms with Gasteiger partial charge in [0, 0.05) is 11.7 Å². The second kappa shape index (κ2) is 5.72. The van der Waals surface area contributed by atoms with Gasteiger partial charge in [0.1, 0.15) is 0 Å². The molecule has 3 atom stereocenters. The topological polar surface area (TPSA) is 12.0 Å². The lowest BCUT2D eigenvalue weighted by Gasteiger charge is -2.28. The molecule has 1 heterocycles. The highest BCUT2D eigenvalue weighted by molar-refractivity contribution is 7.57. The molecule has 0 aromatic heterocycles. The van der Waals surface area contributed by atoms with Gasteiger partial charge in [-0.1, -0.05) is 50.1 Å². The number of nitrogens with one attached hydrogen (secondary N) is 1. The molecule has 98 valence electrons. The summed E-state index contributed by atoms with van der Waals surface area (Å²) in [4.78, 5) is 0. The lowest BCUT2D eigenvalue weighted by Crippen LogP contribution is -2.24. The average Bonchev–Trinajstić information content (AvgIpc) is 3.03. The van der Waals surface area contributed by atoms with Crippen LogP contribution in [0, 0.1) is 0 Å². The van der Waals surface area contributed by atoms with Crippen molar-refractivity contribution in [2.45, 2.75) is 62.8 Å². The molecule has 2 heteroatoms. The van der Waals surface area contributed by atoms with Gasteiger partial charge in [0.15, 0.2) is 0 Å². The lowest BCUT2D eigenvalue weighted by molar-refractivity contribution is 0.645. The van der Waals surface area contributed by atoms with E-state index in [2.05, 4.69) is 42.3 Å². The summed E-state index contributed by atoms with van der Waals surface area (Å²) in [5.74, 6) is 0. The summed E-state index contributed by atoms with van der Waals surface area (Å²) in [6.45, 7) is 2.45. The van der Waals surface area contributed by atoms with Gasteiger partial charge in [-0.05, 0) is 45.0 Å². The van der Waals surface area contributed by atoms with E-state index in [-0.39, 0.29) is 8.07 Å². The second-order valence-corrected chi connectivity index (χ2v) is 8.45. The van der Waals surface area contributed by atoms with Crippen LogP contribution in [0.2, 0.25) is 0 Å².